The molecule has 1 N–H and O–H groups in total. The molecule has 0 unspecified atom stereocenters. The predicted molar refractivity (Wildman–Crippen MR) is 78.0 cm³/mol. The average molecular weight is 285 g/mol. The highest BCUT2D eigenvalue weighted by atomic mass is 35.5. The van der Waals surface area contributed by atoms with Gasteiger partial charge < -0.3 is 10.2 Å². The molecule has 106 valence electrons. The summed E-state index contributed by atoms with van der Waals surface area (Å²) in [6, 6.07) is 4.99. The highest BCUT2D eigenvalue weighted by Crippen LogP contribution is 2.29. The SMILES string of the molecule is CN1CCC(C)(CNCc2ccc(Cl)c(F)c2)CC1. The van der Waals surface area contributed by atoms with Gasteiger partial charge >= 0.3 is 0 Å². The zero-order valence-corrected chi connectivity index (χ0v) is 12.4. The Balaban J connectivity index is 1.81. The van der Waals surface area contributed by atoms with E-state index in [0.29, 0.717) is 12.0 Å². The van der Waals surface area contributed by atoms with E-state index in [1.807, 2.05) is 6.07 Å². The van der Waals surface area contributed by atoms with Gasteiger partial charge in [-0.05, 0) is 56.1 Å². The Bertz CT molecular complexity index is 428. The molecule has 0 bridgehead atoms. The van der Waals surface area contributed by atoms with Crippen LogP contribution in [-0.4, -0.2) is 31.6 Å². The number of nitrogens with one attached hydrogen (secondary N) is 1. The lowest BCUT2D eigenvalue weighted by Gasteiger charge is -2.38. The quantitative estimate of drug-likeness (QED) is 0.913. The van der Waals surface area contributed by atoms with Crippen LogP contribution in [0.3, 0.4) is 0 Å². The summed E-state index contributed by atoms with van der Waals surface area (Å²) in [6.45, 7) is 6.32. The molecule has 2 rings (SSSR count). The Hall–Kier alpha value is -0.640. The number of nitrogens with zero attached hydrogens (tertiary/aromatic N) is 1. The molecule has 1 fully saturated rings. The van der Waals surface area contributed by atoms with Crippen molar-refractivity contribution in [2.24, 2.45) is 5.41 Å². The molecule has 19 heavy (non-hydrogen) atoms. The van der Waals surface area contributed by atoms with Crippen molar-refractivity contribution in [3.05, 3.63) is 34.6 Å². The molecule has 0 amide bonds. The van der Waals surface area contributed by atoms with Gasteiger partial charge in [-0.15, -0.1) is 0 Å². The number of piperidine rings is 1. The van der Waals surface area contributed by atoms with Crippen LogP contribution in [0.4, 0.5) is 4.39 Å². The zero-order chi connectivity index (χ0) is 13.9. The van der Waals surface area contributed by atoms with E-state index in [9.17, 15) is 4.39 Å². The van der Waals surface area contributed by atoms with Gasteiger partial charge in [0.25, 0.3) is 0 Å². The van der Waals surface area contributed by atoms with Crippen molar-refractivity contribution in [3.8, 4) is 0 Å². The van der Waals surface area contributed by atoms with Crippen LogP contribution >= 0.6 is 11.6 Å². The maximum atomic E-state index is 13.3. The van der Waals surface area contributed by atoms with Crippen molar-refractivity contribution in [1.29, 1.82) is 0 Å². The van der Waals surface area contributed by atoms with Crippen LogP contribution in [0.1, 0.15) is 25.3 Å². The summed E-state index contributed by atoms with van der Waals surface area (Å²) in [5.41, 5.74) is 1.30. The van der Waals surface area contributed by atoms with Gasteiger partial charge in [0.2, 0.25) is 0 Å². The van der Waals surface area contributed by atoms with Crippen molar-refractivity contribution in [1.82, 2.24) is 10.2 Å². The first-order valence-electron chi connectivity index (χ1n) is 6.82. The maximum absolute atomic E-state index is 13.3. The molecule has 1 aliphatic rings. The normalized spacial score (nSPS) is 19.6. The van der Waals surface area contributed by atoms with Crippen molar-refractivity contribution < 1.29 is 4.39 Å². The molecule has 0 radical (unpaired) electrons. The molecule has 4 heteroatoms. The second-order valence-corrected chi connectivity index (χ2v) is 6.37. The number of rotatable bonds is 4. The molecule has 1 aliphatic heterocycles. The van der Waals surface area contributed by atoms with Gasteiger partial charge in [0.1, 0.15) is 5.82 Å². The first kappa shape index (κ1) is 14.8. The molecule has 0 spiro atoms. The molecular formula is C15H22ClFN2. The average Bonchev–Trinajstić information content (AvgIpc) is 2.38. The van der Waals surface area contributed by atoms with E-state index in [4.69, 9.17) is 11.6 Å². The highest BCUT2D eigenvalue weighted by Gasteiger charge is 2.28. The number of benzene rings is 1. The number of hydrogen-bond acceptors (Lipinski definition) is 2. The molecule has 2 nitrogen and oxygen atoms in total. The summed E-state index contributed by atoms with van der Waals surface area (Å²) < 4.78 is 13.3. The lowest BCUT2D eigenvalue weighted by Crippen LogP contribution is -2.41. The largest absolute Gasteiger partial charge is 0.312 e. The topological polar surface area (TPSA) is 15.3 Å². The van der Waals surface area contributed by atoms with Gasteiger partial charge in [0.15, 0.2) is 0 Å². The molecule has 1 heterocycles. The van der Waals surface area contributed by atoms with Crippen molar-refractivity contribution in [3.63, 3.8) is 0 Å². The van der Waals surface area contributed by atoms with Gasteiger partial charge in [-0.25, -0.2) is 4.39 Å². The fourth-order valence-electron chi connectivity index (χ4n) is 2.49. The van der Waals surface area contributed by atoms with Crippen LogP contribution < -0.4 is 5.32 Å². The summed E-state index contributed by atoms with van der Waals surface area (Å²) >= 11 is 5.67. The van der Waals surface area contributed by atoms with Crippen LogP contribution in [0.25, 0.3) is 0 Å². The van der Waals surface area contributed by atoms with Crippen molar-refractivity contribution >= 4 is 11.6 Å². The molecule has 0 saturated carbocycles. The standard InChI is InChI=1S/C15H22ClFN2/c1-15(5-7-19(2)8-6-15)11-18-10-12-3-4-13(16)14(17)9-12/h3-4,9,18H,5-8,10-11H2,1-2H3. The third-order valence-corrected chi connectivity index (χ3v) is 4.37. The first-order chi connectivity index (χ1) is 8.98. The van der Waals surface area contributed by atoms with Crippen LogP contribution in [0.2, 0.25) is 5.02 Å². The fraction of sp³-hybridized carbons (Fsp3) is 0.600. The number of hydrogen-bond donors (Lipinski definition) is 1. The van der Waals surface area contributed by atoms with Gasteiger partial charge in [-0.3, -0.25) is 0 Å². The van der Waals surface area contributed by atoms with E-state index in [0.717, 1.165) is 25.2 Å². The summed E-state index contributed by atoms with van der Waals surface area (Å²) in [6.07, 6.45) is 2.43. The van der Waals surface area contributed by atoms with Crippen LogP contribution in [0.15, 0.2) is 18.2 Å². The summed E-state index contributed by atoms with van der Waals surface area (Å²) in [5.74, 6) is -0.341. The molecule has 0 aliphatic carbocycles. The maximum Gasteiger partial charge on any atom is 0.142 e. The molecule has 1 aromatic carbocycles. The van der Waals surface area contributed by atoms with Crippen LogP contribution in [0, 0.1) is 11.2 Å². The first-order valence-corrected chi connectivity index (χ1v) is 7.19. The van der Waals surface area contributed by atoms with Crippen LogP contribution in [0.5, 0.6) is 0 Å². The van der Waals surface area contributed by atoms with Crippen molar-refractivity contribution in [2.45, 2.75) is 26.3 Å². The van der Waals surface area contributed by atoms with Crippen LogP contribution in [-0.2, 0) is 6.54 Å². The Morgan fingerprint density at radius 1 is 1.37 bits per heavy atom. The lowest BCUT2D eigenvalue weighted by atomic mass is 9.80. The molecule has 1 aromatic rings. The molecular weight excluding hydrogens is 263 g/mol. The number of likely N-dealkylation sites (tertiary alicyclic amines) is 1. The van der Waals surface area contributed by atoms with E-state index < -0.39 is 0 Å². The zero-order valence-electron chi connectivity index (χ0n) is 11.7. The molecule has 1 saturated heterocycles. The highest BCUT2D eigenvalue weighted by molar-refractivity contribution is 6.30. The number of halogens is 2. The molecule has 0 aromatic heterocycles. The Morgan fingerprint density at radius 2 is 2.05 bits per heavy atom. The Morgan fingerprint density at radius 3 is 2.68 bits per heavy atom. The second kappa shape index (κ2) is 6.21. The molecule has 0 atom stereocenters. The van der Waals surface area contributed by atoms with E-state index in [1.54, 1.807) is 6.07 Å². The third-order valence-electron chi connectivity index (χ3n) is 4.06. The van der Waals surface area contributed by atoms with E-state index >= 15 is 0 Å². The summed E-state index contributed by atoms with van der Waals surface area (Å²) in [5, 5.41) is 3.63. The fourth-order valence-corrected chi connectivity index (χ4v) is 2.61. The minimum absolute atomic E-state index is 0.186. The third kappa shape index (κ3) is 4.16. The minimum atomic E-state index is -0.341. The van der Waals surface area contributed by atoms with Crippen molar-refractivity contribution in [2.75, 3.05) is 26.7 Å². The van der Waals surface area contributed by atoms with Gasteiger partial charge in [0, 0.05) is 13.1 Å². The van der Waals surface area contributed by atoms with Gasteiger partial charge in [0.05, 0.1) is 5.02 Å². The summed E-state index contributed by atoms with van der Waals surface area (Å²) in [7, 11) is 2.17. The van der Waals surface area contributed by atoms with E-state index in [1.165, 1.54) is 18.9 Å². The Kier molecular flexibility index (Phi) is 4.82. The smallest absolute Gasteiger partial charge is 0.142 e. The van der Waals surface area contributed by atoms with Gasteiger partial charge in [-0.2, -0.15) is 0 Å². The monoisotopic (exact) mass is 284 g/mol. The van der Waals surface area contributed by atoms with E-state index in [2.05, 4.69) is 24.2 Å². The van der Waals surface area contributed by atoms with E-state index in [-0.39, 0.29) is 10.8 Å². The van der Waals surface area contributed by atoms with Gasteiger partial charge in [-0.1, -0.05) is 24.6 Å². The predicted octanol–water partition coefficient (Wildman–Crippen LogP) is 3.30. The lowest BCUT2D eigenvalue weighted by molar-refractivity contribution is 0.137. The summed E-state index contributed by atoms with van der Waals surface area (Å²) in [4.78, 5) is 2.37. The minimum Gasteiger partial charge on any atom is -0.312 e. The Labute approximate surface area is 119 Å². The second-order valence-electron chi connectivity index (χ2n) is 5.97.